The third-order valence-corrected chi connectivity index (χ3v) is 5.20. The standard InChI is InChI=1S/C24H18ClFN4O4/c25-20-13-19(30(32)33)9-10-22(20)34-15-16-5-7-17(8-6-16)24(31)27-23-11-12-29(28-23)14-18-3-1-2-4-21(18)26/h1-13H,14-15H2,(H,27,28,31). The highest BCUT2D eigenvalue weighted by atomic mass is 35.5. The topological polar surface area (TPSA) is 99.3 Å². The summed E-state index contributed by atoms with van der Waals surface area (Å²) >= 11 is 6.03. The molecule has 34 heavy (non-hydrogen) atoms. The minimum atomic E-state index is -0.535. The molecule has 0 bridgehead atoms. The first-order valence-corrected chi connectivity index (χ1v) is 10.5. The van der Waals surface area contributed by atoms with E-state index in [1.54, 1.807) is 54.7 Å². The highest BCUT2D eigenvalue weighted by Gasteiger charge is 2.12. The summed E-state index contributed by atoms with van der Waals surface area (Å²) in [5.74, 6) is 0.00662. The van der Waals surface area contributed by atoms with Crippen LogP contribution in [0.3, 0.4) is 0 Å². The first-order valence-electron chi connectivity index (χ1n) is 10.1. The summed E-state index contributed by atoms with van der Waals surface area (Å²) in [5.41, 5.74) is 1.57. The average Bonchev–Trinajstić information content (AvgIpc) is 3.26. The van der Waals surface area contributed by atoms with E-state index in [-0.39, 0.29) is 35.6 Å². The molecule has 1 amide bonds. The van der Waals surface area contributed by atoms with Crippen molar-refractivity contribution in [2.45, 2.75) is 13.2 Å². The van der Waals surface area contributed by atoms with Crippen molar-refractivity contribution in [3.8, 4) is 5.75 Å². The Bertz CT molecular complexity index is 1340. The molecule has 172 valence electrons. The van der Waals surface area contributed by atoms with Gasteiger partial charge in [0.2, 0.25) is 0 Å². The molecule has 0 aliphatic heterocycles. The minimum Gasteiger partial charge on any atom is -0.487 e. The number of hydrogen-bond donors (Lipinski definition) is 1. The number of halogens is 2. The lowest BCUT2D eigenvalue weighted by Crippen LogP contribution is -2.13. The summed E-state index contributed by atoms with van der Waals surface area (Å²) in [6.07, 6.45) is 1.66. The molecule has 0 fully saturated rings. The number of nitro benzene ring substituents is 1. The number of rotatable bonds is 8. The third kappa shape index (κ3) is 5.57. The summed E-state index contributed by atoms with van der Waals surface area (Å²) in [7, 11) is 0. The van der Waals surface area contributed by atoms with E-state index in [4.69, 9.17) is 16.3 Å². The maximum absolute atomic E-state index is 13.8. The smallest absolute Gasteiger partial charge is 0.271 e. The molecule has 8 nitrogen and oxygen atoms in total. The highest BCUT2D eigenvalue weighted by Crippen LogP contribution is 2.29. The van der Waals surface area contributed by atoms with Crippen molar-refractivity contribution in [1.29, 1.82) is 0 Å². The summed E-state index contributed by atoms with van der Waals surface area (Å²) < 4.78 is 21.0. The second-order valence-electron chi connectivity index (χ2n) is 7.30. The van der Waals surface area contributed by atoms with Crippen molar-refractivity contribution in [2.75, 3.05) is 5.32 Å². The van der Waals surface area contributed by atoms with Gasteiger partial charge in [-0.2, -0.15) is 5.10 Å². The molecular weight excluding hydrogens is 463 g/mol. The predicted molar refractivity (Wildman–Crippen MR) is 125 cm³/mol. The number of non-ortho nitro benzene ring substituents is 1. The number of nitrogens with one attached hydrogen (secondary N) is 1. The van der Waals surface area contributed by atoms with Crippen molar-refractivity contribution in [1.82, 2.24) is 9.78 Å². The van der Waals surface area contributed by atoms with Crippen molar-refractivity contribution < 1.29 is 18.8 Å². The van der Waals surface area contributed by atoms with Crippen molar-refractivity contribution in [3.05, 3.63) is 117 Å². The molecule has 0 unspecified atom stereocenters. The van der Waals surface area contributed by atoms with E-state index in [0.29, 0.717) is 22.7 Å². The number of benzene rings is 3. The number of carbonyl (C=O) groups excluding carboxylic acids is 1. The molecule has 0 atom stereocenters. The molecule has 4 aromatic rings. The fourth-order valence-electron chi connectivity index (χ4n) is 3.14. The zero-order valence-corrected chi connectivity index (χ0v) is 18.4. The maximum atomic E-state index is 13.8. The number of amides is 1. The molecule has 1 aromatic heterocycles. The van der Waals surface area contributed by atoms with E-state index in [0.717, 1.165) is 5.56 Å². The molecule has 1 N–H and O–H groups in total. The van der Waals surface area contributed by atoms with Gasteiger partial charge in [-0.1, -0.05) is 41.9 Å². The van der Waals surface area contributed by atoms with E-state index in [9.17, 15) is 19.3 Å². The number of hydrogen-bond acceptors (Lipinski definition) is 5. The minimum absolute atomic E-state index is 0.121. The van der Waals surface area contributed by atoms with Crippen LogP contribution in [-0.4, -0.2) is 20.6 Å². The number of carbonyl (C=O) groups is 1. The van der Waals surface area contributed by atoms with Gasteiger partial charge >= 0.3 is 0 Å². The number of nitrogens with zero attached hydrogens (tertiary/aromatic N) is 3. The van der Waals surface area contributed by atoms with Gasteiger partial charge in [0.25, 0.3) is 11.6 Å². The van der Waals surface area contributed by atoms with Gasteiger partial charge in [-0.05, 0) is 29.8 Å². The van der Waals surface area contributed by atoms with Crippen molar-refractivity contribution >= 4 is 29.0 Å². The Hall–Kier alpha value is -4.24. The molecule has 1 heterocycles. The lowest BCUT2D eigenvalue weighted by Gasteiger charge is -2.09. The summed E-state index contributed by atoms with van der Waals surface area (Å²) in [6.45, 7) is 0.413. The van der Waals surface area contributed by atoms with E-state index < -0.39 is 4.92 Å². The first-order chi connectivity index (χ1) is 16.4. The summed E-state index contributed by atoms with van der Waals surface area (Å²) in [5, 5.41) is 17.9. The van der Waals surface area contributed by atoms with Crippen LogP contribution < -0.4 is 10.1 Å². The second kappa shape index (κ2) is 10.1. The molecule has 10 heteroatoms. The van der Waals surface area contributed by atoms with Gasteiger partial charge in [-0.15, -0.1) is 0 Å². The maximum Gasteiger partial charge on any atom is 0.271 e. The van der Waals surface area contributed by atoms with Crippen molar-refractivity contribution in [2.24, 2.45) is 0 Å². The first kappa shape index (κ1) is 22.9. The number of anilines is 1. The van der Waals surface area contributed by atoms with Crippen LogP contribution >= 0.6 is 11.6 Å². The van der Waals surface area contributed by atoms with Crippen LogP contribution in [0.15, 0.2) is 79.0 Å². The molecular formula is C24H18ClFN4O4. The normalized spacial score (nSPS) is 10.6. The average molecular weight is 481 g/mol. The van der Waals surface area contributed by atoms with Gasteiger partial charge in [0.05, 0.1) is 16.5 Å². The number of aromatic nitrogens is 2. The van der Waals surface area contributed by atoms with Gasteiger partial charge in [0, 0.05) is 35.5 Å². The summed E-state index contributed by atoms with van der Waals surface area (Å²) in [4.78, 5) is 22.8. The molecule has 0 aliphatic carbocycles. The zero-order chi connectivity index (χ0) is 24.1. The van der Waals surface area contributed by atoms with Crippen LogP contribution in [0.25, 0.3) is 0 Å². The molecule has 0 spiro atoms. The van der Waals surface area contributed by atoms with Crippen LogP contribution in [0, 0.1) is 15.9 Å². The van der Waals surface area contributed by atoms with Crippen LogP contribution in [-0.2, 0) is 13.2 Å². The Morgan fingerprint density at radius 1 is 1.12 bits per heavy atom. The zero-order valence-electron chi connectivity index (χ0n) is 17.7. The second-order valence-corrected chi connectivity index (χ2v) is 7.71. The van der Waals surface area contributed by atoms with Crippen molar-refractivity contribution in [3.63, 3.8) is 0 Å². The van der Waals surface area contributed by atoms with E-state index in [1.165, 1.54) is 28.9 Å². The van der Waals surface area contributed by atoms with Gasteiger partial charge in [0.15, 0.2) is 5.82 Å². The lowest BCUT2D eigenvalue weighted by atomic mass is 10.1. The van der Waals surface area contributed by atoms with Gasteiger partial charge in [0.1, 0.15) is 18.2 Å². The van der Waals surface area contributed by atoms with E-state index >= 15 is 0 Å². The van der Waals surface area contributed by atoms with Crippen LogP contribution in [0.4, 0.5) is 15.9 Å². The van der Waals surface area contributed by atoms with Gasteiger partial charge in [-0.3, -0.25) is 19.6 Å². The SMILES string of the molecule is O=C(Nc1ccn(Cc2ccccc2F)n1)c1ccc(COc2ccc([N+](=O)[O-])cc2Cl)cc1. The molecule has 0 saturated heterocycles. The Morgan fingerprint density at radius 2 is 1.88 bits per heavy atom. The number of ether oxygens (including phenoxy) is 1. The lowest BCUT2D eigenvalue weighted by molar-refractivity contribution is -0.384. The fraction of sp³-hybridized carbons (Fsp3) is 0.0833. The Morgan fingerprint density at radius 3 is 2.59 bits per heavy atom. The van der Waals surface area contributed by atoms with E-state index in [1.807, 2.05) is 0 Å². The third-order valence-electron chi connectivity index (χ3n) is 4.91. The molecule has 0 aliphatic rings. The van der Waals surface area contributed by atoms with Crippen LogP contribution in [0.1, 0.15) is 21.5 Å². The molecule has 4 rings (SSSR count). The van der Waals surface area contributed by atoms with Crippen LogP contribution in [0.5, 0.6) is 5.75 Å². The van der Waals surface area contributed by atoms with Gasteiger partial charge < -0.3 is 10.1 Å². The van der Waals surface area contributed by atoms with E-state index in [2.05, 4.69) is 10.4 Å². The Kier molecular flexibility index (Phi) is 6.84. The highest BCUT2D eigenvalue weighted by molar-refractivity contribution is 6.32. The Labute approximate surface area is 198 Å². The Balaban J connectivity index is 1.33. The molecule has 0 saturated carbocycles. The van der Waals surface area contributed by atoms with Gasteiger partial charge in [-0.25, -0.2) is 4.39 Å². The number of nitro groups is 1. The predicted octanol–water partition coefficient (Wildman–Crippen LogP) is 5.46. The molecule has 3 aromatic carbocycles. The monoisotopic (exact) mass is 480 g/mol. The largest absolute Gasteiger partial charge is 0.487 e. The summed E-state index contributed by atoms with van der Waals surface area (Å²) in [6, 6.07) is 18.8. The van der Waals surface area contributed by atoms with Crippen LogP contribution in [0.2, 0.25) is 5.02 Å². The quantitative estimate of drug-likeness (QED) is 0.266. The fourth-order valence-corrected chi connectivity index (χ4v) is 3.37. The molecule has 0 radical (unpaired) electrons.